The van der Waals surface area contributed by atoms with Gasteiger partial charge in [0.1, 0.15) is 0 Å². The van der Waals surface area contributed by atoms with E-state index in [1.807, 2.05) is 12.1 Å². The summed E-state index contributed by atoms with van der Waals surface area (Å²) in [4.78, 5) is 2.47. The van der Waals surface area contributed by atoms with Gasteiger partial charge in [0.25, 0.3) is 0 Å². The molecule has 0 radical (unpaired) electrons. The first-order chi connectivity index (χ1) is 9.10. The maximum absolute atomic E-state index is 6.28. The Morgan fingerprint density at radius 1 is 1.26 bits per heavy atom. The van der Waals surface area contributed by atoms with Crippen LogP contribution in [0.1, 0.15) is 32.3 Å². The molecule has 2 nitrogen and oxygen atoms in total. The topological polar surface area (TPSA) is 15.3 Å². The smallest absolute Gasteiger partial charge is 0.0637 e. The van der Waals surface area contributed by atoms with Crippen LogP contribution in [0, 0.1) is 0 Å². The Hall–Kier alpha value is -0.280. The van der Waals surface area contributed by atoms with Crippen molar-refractivity contribution >= 4 is 23.2 Å². The molecule has 19 heavy (non-hydrogen) atoms. The van der Waals surface area contributed by atoms with E-state index in [1.165, 1.54) is 0 Å². The van der Waals surface area contributed by atoms with E-state index in [0.717, 1.165) is 44.6 Å². The highest BCUT2D eigenvalue weighted by Crippen LogP contribution is 2.28. The van der Waals surface area contributed by atoms with Gasteiger partial charge in [-0.05, 0) is 24.5 Å². The predicted octanol–water partition coefficient (Wildman–Crippen LogP) is 3.96. The minimum absolute atomic E-state index is 0.253. The van der Waals surface area contributed by atoms with Crippen molar-refractivity contribution in [2.45, 2.75) is 38.8 Å². The summed E-state index contributed by atoms with van der Waals surface area (Å²) in [5.41, 5.74) is 1.38. The summed E-state index contributed by atoms with van der Waals surface area (Å²) in [6, 6.07) is 5.88. The molecule has 106 valence electrons. The highest BCUT2D eigenvalue weighted by Gasteiger charge is 2.31. The monoisotopic (exact) mass is 300 g/mol. The van der Waals surface area contributed by atoms with Gasteiger partial charge < -0.3 is 5.32 Å². The number of hydrogen-bond acceptors (Lipinski definition) is 2. The fraction of sp³-hybridized carbons (Fsp3) is 0.600. The van der Waals surface area contributed by atoms with E-state index in [2.05, 4.69) is 30.1 Å². The number of halogens is 2. The zero-order valence-corrected chi connectivity index (χ0v) is 13.2. The van der Waals surface area contributed by atoms with Crippen LogP contribution < -0.4 is 5.32 Å². The van der Waals surface area contributed by atoms with Crippen molar-refractivity contribution in [2.75, 3.05) is 19.6 Å². The van der Waals surface area contributed by atoms with Crippen molar-refractivity contribution in [1.82, 2.24) is 10.2 Å². The van der Waals surface area contributed by atoms with Crippen molar-refractivity contribution < 1.29 is 0 Å². The number of rotatable bonds is 4. The third-order valence-corrected chi connectivity index (χ3v) is 5.09. The first kappa shape index (κ1) is 15.1. The Morgan fingerprint density at radius 2 is 2.00 bits per heavy atom. The molecule has 1 heterocycles. The molecule has 1 N–H and O–H groups in total. The highest BCUT2D eigenvalue weighted by atomic mass is 35.5. The van der Waals surface area contributed by atoms with Gasteiger partial charge in [-0.1, -0.05) is 49.2 Å². The third kappa shape index (κ3) is 3.43. The summed E-state index contributed by atoms with van der Waals surface area (Å²) in [7, 11) is 0. The standard InChI is InChI=1S/C15H22Cl2N2/c1-3-15(4-2)11-19(9-8-18-15)10-12-6-5-7-13(16)14(12)17/h5-7,18H,3-4,8-11H2,1-2H3. The van der Waals surface area contributed by atoms with Gasteiger partial charge >= 0.3 is 0 Å². The van der Waals surface area contributed by atoms with Crippen molar-refractivity contribution in [2.24, 2.45) is 0 Å². The van der Waals surface area contributed by atoms with Gasteiger partial charge in [0.2, 0.25) is 0 Å². The average molecular weight is 301 g/mol. The molecule has 1 aliphatic rings. The Bertz CT molecular complexity index is 430. The second kappa shape index (κ2) is 6.45. The first-order valence-electron chi connectivity index (χ1n) is 7.00. The van der Waals surface area contributed by atoms with Crippen LogP contribution in [0.2, 0.25) is 10.0 Å². The minimum Gasteiger partial charge on any atom is -0.309 e. The maximum Gasteiger partial charge on any atom is 0.0637 e. The zero-order chi connectivity index (χ0) is 13.9. The van der Waals surface area contributed by atoms with E-state index in [4.69, 9.17) is 23.2 Å². The van der Waals surface area contributed by atoms with Crippen LogP contribution in [0.3, 0.4) is 0 Å². The van der Waals surface area contributed by atoms with Crippen LogP contribution in [-0.2, 0) is 6.54 Å². The van der Waals surface area contributed by atoms with Gasteiger partial charge in [0.05, 0.1) is 10.0 Å². The van der Waals surface area contributed by atoms with Crippen molar-refractivity contribution in [3.63, 3.8) is 0 Å². The van der Waals surface area contributed by atoms with Gasteiger partial charge in [0, 0.05) is 31.7 Å². The fourth-order valence-electron chi connectivity index (χ4n) is 2.81. The molecule has 0 unspecified atom stereocenters. The lowest BCUT2D eigenvalue weighted by atomic mass is 9.90. The van der Waals surface area contributed by atoms with Crippen molar-refractivity contribution in [3.05, 3.63) is 33.8 Å². The average Bonchev–Trinajstić information content (AvgIpc) is 2.44. The van der Waals surface area contributed by atoms with Crippen molar-refractivity contribution in [1.29, 1.82) is 0 Å². The van der Waals surface area contributed by atoms with Crippen LogP contribution in [-0.4, -0.2) is 30.1 Å². The number of benzene rings is 1. The molecule has 1 aliphatic heterocycles. The second-order valence-electron chi connectivity index (χ2n) is 5.34. The Kier molecular flexibility index (Phi) is 5.13. The van der Waals surface area contributed by atoms with Crippen LogP contribution in [0.25, 0.3) is 0 Å². The summed E-state index contributed by atoms with van der Waals surface area (Å²) >= 11 is 12.4. The minimum atomic E-state index is 0.253. The lowest BCUT2D eigenvalue weighted by Crippen LogP contribution is -2.59. The van der Waals surface area contributed by atoms with E-state index in [0.29, 0.717) is 10.0 Å². The van der Waals surface area contributed by atoms with Crippen LogP contribution in [0.15, 0.2) is 18.2 Å². The Balaban J connectivity index is 2.09. The summed E-state index contributed by atoms with van der Waals surface area (Å²) in [5.74, 6) is 0. The second-order valence-corrected chi connectivity index (χ2v) is 6.12. The van der Waals surface area contributed by atoms with Gasteiger partial charge in [-0.3, -0.25) is 4.90 Å². The first-order valence-corrected chi connectivity index (χ1v) is 7.76. The Labute approximate surface area is 126 Å². The van der Waals surface area contributed by atoms with Gasteiger partial charge in [-0.15, -0.1) is 0 Å². The molecule has 0 aromatic heterocycles. The van der Waals surface area contributed by atoms with E-state index in [1.54, 1.807) is 0 Å². The molecule has 1 saturated heterocycles. The Morgan fingerprint density at radius 3 is 2.68 bits per heavy atom. The molecule has 0 atom stereocenters. The molecule has 1 aromatic rings. The molecular weight excluding hydrogens is 279 g/mol. The molecule has 0 amide bonds. The molecule has 0 spiro atoms. The van der Waals surface area contributed by atoms with E-state index < -0.39 is 0 Å². The molecule has 4 heteroatoms. The zero-order valence-electron chi connectivity index (χ0n) is 11.7. The number of nitrogens with zero attached hydrogens (tertiary/aromatic N) is 1. The number of piperazine rings is 1. The fourth-order valence-corrected chi connectivity index (χ4v) is 3.19. The summed E-state index contributed by atoms with van der Waals surface area (Å²) in [5, 5.41) is 5.01. The normalized spacial score (nSPS) is 19.6. The maximum atomic E-state index is 6.28. The lowest BCUT2D eigenvalue weighted by molar-refractivity contribution is 0.118. The predicted molar refractivity (Wildman–Crippen MR) is 83.1 cm³/mol. The van der Waals surface area contributed by atoms with E-state index in [9.17, 15) is 0 Å². The summed E-state index contributed by atoms with van der Waals surface area (Å²) < 4.78 is 0. The summed E-state index contributed by atoms with van der Waals surface area (Å²) in [6.07, 6.45) is 2.31. The largest absolute Gasteiger partial charge is 0.309 e. The molecule has 1 aromatic carbocycles. The molecular formula is C15H22Cl2N2. The molecule has 0 bridgehead atoms. The quantitative estimate of drug-likeness (QED) is 0.905. The van der Waals surface area contributed by atoms with Crippen LogP contribution >= 0.6 is 23.2 Å². The lowest BCUT2D eigenvalue weighted by Gasteiger charge is -2.43. The SMILES string of the molecule is CCC1(CC)CN(Cc2cccc(Cl)c2Cl)CCN1. The summed E-state index contributed by atoms with van der Waals surface area (Å²) in [6.45, 7) is 8.56. The number of hydrogen-bond donors (Lipinski definition) is 1. The van der Waals surface area contributed by atoms with Gasteiger partial charge in [-0.2, -0.15) is 0 Å². The van der Waals surface area contributed by atoms with Gasteiger partial charge in [-0.25, -0.2) is 0 Å². The van der Waals surface area contributed by atoms with Crippen LogP contribution in [0.4, 0.5) is 0 Å². The molecule has 1 fully saturated rings. The van der Waals surface area contributed by atoms with Crippen LogP contribution in [0.5, 0.6) is 0 Å². The van der Waals surface area contributed by atoms with Gasteiger partial charge in [0.15, 0.2) is 0 Å². The van der Waals surface area contributed by atoms with E-state index >= 15 is 0 Å². The molecule has 0 saturated carbocycles. The highest BCUT2D eigenvalue weighted by molar-refractivity contribution is 6.42. The molecule has 2 rings (SSSR count). The number of nitrogens with one attached hydrogen (secondary N) is 1. The molecule has 0 aliphatic carbocycles. The van der Waals surface area contributed by atoms with Crippen molar-refractivity contribution in [3.8, 4) is 0 Å². The van der Waals surface area contributed by atoms with E-state index in [-0.39, 0.29) is 5.54 Å². The third-order valence-electron chi connectivity index (χ3n) is 4.23.